The van der Waals surface area contributed by atoms with Gasteiger partial charge in [0.05, 0.1) is 6.54 Å². The van der Waals surface area contributed by atoms with Crippen LogP contribution in [0.2, 0.25) is 0 Å². The number of nitrogens with zero attached hydrogens (tertiary/aromatic N) is 1. The van der Waals surface area contributed by atoms with Crippen LogP contribution in [0, 0.1) is 0 Å². The van der Waals surface area contributed by atoms with Crippen LogP contribution in [-0.4, -0.2) is 36.9 Å². The third-order valence-corrected chi connectivity index (χ3v) is 4.24. The monoisotopic (exact) mass is 338 g/mol. The zero-order valence-corrected chi connectivity index (χ0v) is 14.9. The van der Waals surface area contributed by atoms with Crippen LogP contribution in [0.15, 0.2) is 60.7 Å². The van der Waals surface area contributed by atoms with Crippen molar-refractivity contribution in [2.75, 3.05) is 20.1 Å². The highest BCUT2D eigenvalue weighted by Crippen LogP contribution is 2.28. The fraction of sp³-hybridized carbons (Fsp3) is 0.333. The summed E-state index contributed by atoms with van der Waals surface area (Å²) in [5.74, 6) is -0.153. The van der Waals surface area contributed by atoms with Gasteiger partial charge in [0, 0.05) is 25.9 Å². The van der Waals surface area contributed by atoms with Crippen LogP contribution in [0.25, 0.3) is 0 Å². The topological polar surface area (TPSA) is 49.4 Å². The highest BCUT2D eigenvalue weighted by Gasteiger charge is 2.22. The van der Waals surface area contributed by atoms with Crippen LogP contribution in [0.5, 0.6) is 0 Å². The Kier molecular flexibility index (Phi) is 7.20. The molecule has 4 nitrogen and oxygen atoms in total. The van der Waals surface area contributed by atoms with E-state index in [0.29, 0.717) is 13.0 Å². The lowest BCUT2D eigenvalue weighted by atomic mass is 9.88. The van der Waals surface area contributed by atoms with Crippen LogP contribution < -0.4 is 5.32 Å². The molecule has 0 atom stereocenters. The molecule has 0 unspecified atom stereocenters. The van der Waals surface area contributed by atoms with E-state index in [0.717, 1.165) is 17.5 Å². The zero-order chi connectivity index (χ0) is 18.1. The van der Waals surface area contributed by atoms with Gasteiger partial charge in [0.25, 0.3) is 0 Å². The number of benzene rings is 2. The molecule has 4 heteroatoms. The molecule has 0 aliphatic rings. The summed E-state index contributed by atoms with van der Waals surface area (Å²) >= 11 is 0. The molecule has 0 fully saturated rings. The van der Waals surface area contributed by atoms with Gasteiger partial charge in [-0.05, 0) is 17.5 Å². The Morgan fingerprint density at radius 3 is 1.92 bits per heavy atom. The van der Waals surface area contributed by atoms with Gasteiger partial charge in [0.1, 0.15) is 0 Å². The minimum absolute atomic E-state index is 0.00292. The molecule has 2 amide bonds. The minimum Gasteiger partial charge on any atom is -0.358 e. The van der Waals surface area contributed by atoms with Crippen molar-refractivity contribution >= 4 is 11.8 Å². The highest BCUT2D eigenvalue weighted by molar-refractivity contribution is 5.85. The number of carbonyl (C=O) groups is 2. The number of hydrogen-bond acceptors (Lipinski definition) is 2. The number of amides is 2. The molecule has 0 spiro atoms. The molecule has 0 radical (unpaired) electrons. The van der Waals surface area contributed by atoms with Crippen LogP contribution in [0.3, 0.4) is 0 Å². The summed E-state index contributed by atoms with van der Waals surface area (Å²) in [7, 11) is 1.59. The van der Waals surface area contributed by atoms with Crippen molar-refractivity contribution in [2.24, 2.45) is 0 Å². The quantitative estimate of drug-likeness (QED) is 0.803. The lowest BCUT2D eigenvalue weighted by molar-refractivity contribution is -0.136. The van der Waals surface area contributed by atoms with E-state index in [9.17, 15) is 9.59 Å². The molecule has 25 heavy (non-hydrogen) atoms. The maximum atomic E-state index is 12.9. The Balaban J connectivity index is 2.23. The summed E-state index contributed by atoms with van der Waals surface area (Å²) in [5.41, 5.74) is 2.22. The standard InChI is InChI=1S/C21H26N2O2/c1-3-14-23(16-20(24)22-2)21(25)15-19(17-10-6-4-7-11-17)18-12-8-5-9-13-18/h4-13,19H,3,14-16H2,1-2H3,(H,22,24). The first-order chi connectivity index (χ1) is 12.2. The molecule has 0 bridgehead atoms. The number of rotatable bonds is 8. The maximum Gasteiger partial charge on any atom is 0.239 e. The predicted octanol–water partition coefficient (Wildman–Crippen LogP) is 3.19. The highest BCUT2D eigenvalue weighted by atomic mass is 16.2. The Hall–Kier alpha value is -2.62. The van der Waals surface area contributed by atoms with Crippen LogP contribution in [0.1, 0.15) is 36.8 Å². The second kappa shape index (κ2) is 9.62. The van der Waals surface area contributed by atoms with E-state index in [1.54, 1.807) is 11.9 Å². The lowest BCUT2D eigenvalue weighted by Gasteiger charge is -2.25. The van der Waals surface area contributed by atoms with Gasteiger partial charge in [-0.1, -0.05) is 67.6 Å². The van der Waals surface area contributed by atoms with Gasteiger partial charge in [-0.15, -0.1) is 0 Å². The number of nitrogens with one attached hydrogen (secondary N) is 1. The summed E-state index contributed by atoms with van der Waals surface area (Å²) in [5, 5.41) is 2.59. The summed E-state index contributed by atoms with van der Waals surface area (Å²) in [4.78, 5) is 26.3. The molecule has 0 saturated heterocycles. The normalized spacial score (nSPS) is 10.5. The smallest absolute Gasteiger partial charge is 0.239 e. The third-order valence-electron chi connectivity index (χ3n) is 4.24. The van der Waals surface area contributed by atoms with E-state index in [1.807, 2.05) is 67.6 Å². The molecule has 0 heterocycles. The van der Waals surface area contributed by atoms with Crippen molar-refractivity contribution in [2.45, 2.75) is 25.7 Å². The fourth-order valence-electron chi connectivity index (χ4n) is 2.92. The van der Waals surface area contributed by atoms with E-state index in [-0.39, 0.29) is 24.3 Å². The SMILES string of the molecule is CCCN(CC(=O)NC)C(=O)CC(c1ccccc1)c1ccccc1. The van der Waals surface area contributed by atoms with Gasteiger partial charge in [0.15, 0.2) is 0 Å². The van der Waals surface area contributed by atoms with Gasteiger partial charge in [-0.25, -0.2) is 0 Å². The molecule has 2 aromatic carbocycles. The number of likely N-dealkylation sites (N-methyl/N-ethyl adjacent to an activating group) is 1. The molecule has 0 aliphatic carbocycles. The van der Waals surface area contributed by atoms with Crippen molar-refractivity contribution in [3.63, 3.8) is 0 Å². The molecule has 0 aliphatic heterocycles. The second-order valence-electron chi connectivity index (χ2n) is 6.07. The molecular formula is C21H26N2O2. The summed E-state index contributed by atoms with van der Waals surface area (Å²) in [6.45, 7) is 2.71. The van der Waals surface area contributed by atoms with Crippen molar-refractivity contribution < 1.29 is 9.59 Å². The van der Waals surface area contributed by atoms with Crippen LogP contribution >= 0.6 is 0 Å². The first-order valence-electron chi connectivity index (χ1n) is 8.74. The van der Waals surface area contributed by atoms with Crippen LogP contribution in [0.4, 0.5) is 0 Å². The predicted molar refractivity (Wildman–Crippen MR) is 100 cm³/mol. The lowest BCUT2D eigenvalue weighted by Crippen LogP contribution is -2.40. The number of hydrogen-bond donors (Lipinski definition) is 1. The summed E-state index contributed by atoms with van der Waals surface area (Å²) in [6, 6.07) is 20.1. The fourth-order valence-corrected chi connectivity index (χ4v) is 2.92. The van der Waals surface area contributed by atoms with Gasteiger partial charge >= 0.3 is 0 Å². The minimum atomic E-state index is -0.141. The molecule has 132 valence electrons. The molecular weight excluding hydrogens is 312 g/mol. The summed E-state index contributed by atoms with van der Waals surface area (Å²) in [6.07, 6.45) is 1.18. The molecule has 0 aromatic heterocycles. The largest absolute Gasteiger partial charge is 0.358 e. The van der Waals surface area contributed by atoms with Crippen LogP contribution in [-0.2, 0) is 9.59 Å². The van der Waals surface area contributed by atoms with Crippen molar-refractivity contribution in [1.29, 1.82) is 0 Å². The van der Waals surface area contributed by atoms with Gasteiger partial charge in [0.2, 0.25) is 11.8 Å². The first-order valence-corrected chi connectivity index (χ1v) is 8.74. The Morgan fingerprint density at radius 1 is 0.960 bits per heavy atom. The zero-order valence-electron chi connectivity index (χ0n) is 14.9. The summed E-state index contributed by atoms with van der Waals surface area (Å²) < 4.78 is 0. The average Bonchev–Trinajstić information content (AvgIpc) is 2.66. The van der Waals surface area contributed by atoms with E-state index in [1.165, 1.54) is 0 Å². The van der Waals surface area contributed by atoms with E-state index >= 15 is 0 Å². The molecule has 2 aromatic rings. The first kappa shape index (κ1) is 18.7. The molecule has 0 saturated carbocycles. The van der Waals surface area contributed by atoms with E-state index in [2.05, 4.69) is 5.32 Å². The van der Waals surface area contributed by atoms with Crippen molar-refractivity contribution in [3.8, 4) is 0 Å². The molecule has 2 rings (SSSR count). The maximum absolute atomic E-state index is 12.9. The Morgan fingerprint density at radius 2 is 1.48 bits per heavy atom. The van der Waals surface area contributed by atoms with Gasteiger partial charge in [-0.3, -0.25) is 9.59 Å². The van der Waals surface area contributed by atoms with E-state index in [4.69, 9.17) is 0 Å². The van der Waals surface area contributed by atoms with E-state index < -0.39 is 0 Å². The molecule has 1 N–H and O–H groups in total. The van der Waals surface area contributed by atoms with Gasteiger partial charge < -0.3 is 10.2 Å². The Bertz CT molecular complexity index is 631. The Labute approximate surface area is 149 Å². The third kappa shape index (κ3) is 5.45. The van der Waals surface area contributed by atoms with Gasteiger partial charge in [-0.2, -0.15) is 0 Å². The van der Waals surface area contributed by atoms with Crippen molar-refractivity contribution in [3.05, 3.63) is 71.8 Å². The average molecular weight is 338 g/mol. The second-order valence-corrected chi connectivity index (χ2v) is 6.07. The van der Waals surface area contributed by atoms with Crippen molar-refractivity contribution in [1.82, 2.24) is 10.2 Å². The number of carbonyl (C=O) groups excluding carboxylic acids is 2.